The minimum Gasteiger partial charge on any atom is -0.436 e. The Morgan fingerprint density at radius 1 is 1.12 bits per heavy atom. The monoisotopic (exact) mass is 374 g/mol. The van der Waals surface area contributed by atoms with E-state index in [0.29, 0.717) is 25.3 Å². The van der Waals surface area contributed by atoms with E-state index in [1.54, 1.807) is 0 Å². The zero-order chi connectivity index (χ0) is 17.3. The summed E-state index contributed by atoms with van der Waals surface area (Å²) in [4.78, 5) is 4.51. The standard InChI is InChI=1S/C20H22N2O3.ClH/c21-20(23)11-9-16(10-12-20)24-13-14-5-7-15(8-6-14)19-22-17-3-1-2-4-18(17)25-19;/h1-8,16,23H,9-13,21H2;1H. The van der Waals surface area contributed by atoms with Gasteiger partial charge in [0.05, 0.1) is 12.7 Å². The zero-order valence-electron chi connectivity index (χ0n) is 14.4. The average molecular weight is 375 g/mol. The quantitative estimate of drug-likeness (QED) is 0.674. The third-order valence-corrected chi connectivity index (χ3v) is 4.78. The Labute approximate surface area is 158 Å². The fraction of sp³-hybridized carbons (Fsp3) is 0.350. The molecular weight excluding hydrogens is 352 g/mol. The van der Waals surface area contributed by atoms with Gasteiger partial charge in [-0.05, 0) is 55.5 Å². The van der Waals surface area contributed by atoms with Gasteiger partial charge in [0.1, 0.15) is 11.2 Å². The number of aromatic nitrogens is 1. The molecule has 138 valence electrons. The smallest absolute Gasteiger partial charge is 0.227 e. The summed E-state index contributed by atoms with van der Waals surface area (Å²) in [5, 5.41) is 9.78. The third kappa shape index (κ3) is 4.24. The molecule has 6 heteroatoms. The first-order chi connectivity index (χ1) is 12.1. The fourth-order valence-corrected chi connectivity index (χ4v) is 3.21. The Hall–Kier alpha value is -1.92. The van der Waals surface area contributed by atoms with Crippen LogP contribution in [0.2, 0.25) is 0 Å². The molecule has 3 N–H and O–H groups in total. The summed E-state index contributed by atoms with van der Waals surface area (Å²) in [6, 6.07) is 15.8. The number of aliphatic hydroxyl groups is 1. The number of nitrogens with zero attached hydrogens (tertiary/aromatic N) is 1. The van der Waals surface area contributed by atoms with Crippen molar-refractivity contribution in [2.45, 2.75) is 44.1 Å². The molecule has 1 aromatic heterocycles. The second-order valence-corrected chi connectivity index (χ2v) is 6.80. The van der Waals surface area contributed by atoms with Crippen molar-refractivity contribution in [3.63, 3.8) is 0 Å². The largest absolute Gasteiger partial charge is 0.436 e. The van der Waals surface area contributed by atoms with Gasteiger partial charge in [-0.2, -0.15) is 0 Å². The summed E-state index contributed by atoms with van der Waals surface area (Å²) in [5.74, 6) is 0.628. The molecule has 0 bridgehead atoms. The van der Waals surface area contributed by atoms with E-state index in [0.717, 1.165) is 35.1 Å². The van der Waals surface area contributed by atoms with Gasteiger partial charge in [0.25, 0.3) is 0 Å². The predicted molar refractivity (Wildman–Crippen MR) is 103 cm³/mol. The van der Waals surface area contributed by atoms with Crippen LogP contribution < -0.4 is 5.73 Å². The Morgan fingerprint density at radius 2 is 1.81 bits per heavy atom. The lowest BCUT2D eigenvalue weighted by molar-refractivity contribution is -0.0571. The molecule has 3 aromatic rings. The van der Waals surface area contributed by atoms with Crippen LogP contribution in [0.5, 0.6) is 0 Å². The number of hydrogen-bond donors (Lipinski definition) is 2. The van der Waals surface area contributed by atoms with E-state index in [1.807, 2.05) is 48.5 Å². The summed E-state index contributed by atoms with van der Waals surface area (Å²) in [7, 11) is 0. The average Bonchev–Trinajstić information content (AvgIpc) is 3.05. The van der Waals surface area contributed by atoms with E-state index >= 15 is 0 Å². The molecule has 0 saturated heterocycles. The van der Waals surface area contributed by atoms with Crippen molar-refractivity contribution in [1.82, 2.24) is 4.98 Å². The zero-order valence-corrected chi connectivity index (χ0v) is 15.2. The van der Waals surface area contributed by atoms with Gasteiger partial charge in [-0.15, -0.1) is 12.4 Å². The van der Waals surface area contributed by atoms with Crippen molar-refractivity contribution in [2.24, 2.45) is 5.73 Å². The van der Waals surface area contributed by atoms with Gasteiger partial charge in [0, 0.05) is 5.56 Å². The van der Waals surface area contributed by atoms with Crippen LogP contribution in [0.4, 0.5) is 0 Å². The van der Waals surface area contributed by atoms with E-state index in [2.05, 4.69) is 4.98 Å². The predicted octanol–water partition coefficient (Wildman–Crippen LogP) is 4.02. The highest BCUT2D eigenvalue weighted by Gasteiger charge is 2.29. The molecule has 2 aromatic carbocycles. The van der Waals surface area contributed by atoms with Gasteiger partial charge in [0.15, 0.2) is 5.58 Å². The number of rotatable bonds is 4. The van der Waals surface area contributed by atoms with Crippen molar-refractivity contribution in [3.8, 4) is 11.5 Å². The lowest BCUT2D eigenvalue weighted by Crippen LogP contribution is -2.44. The molecule has 0 atom stereocenters. The molecule has 0 aliphatic heterocycles. The molecule has 0 amide bonds. The Bertz CT molecular complexity index is 818. The van der Waals surface area contributed by atoms with E-state index in [9.17, 15) is 5.11 Å². The van der Waals surface area contributed by atoms with Crippen LogP contribution >= 0.6 is 12.4 Å². The number of fused-ring (bicyclic) bond motifs is 1. The molecule has 1 fully saturated rings. The molecule has 5 nitrogen and oxygen atoms in total. The molecule has 1 aliphatic rings. The Kier molecular flexibility index (Phi) is 5.63. The van der Waals surface area contributed by atoms with E-state index in [-0.39, 0.29) is 18.5 Å². The van der Waals surface area contributed by atoms with Crippen molar-refractivity contribution in [1.29, 1.82) is 0 Å². The molecule has 1 aliphatic carbocycles. The first kappa shape index (κ1) is 18.9. The normalized spacial score (nSPS) is 22.9. The number of ether oxygens (including phenoxy) is 1. The number of benzene rings is 2. The van der Waals surface area contributed by atoms with E-state index in [4.69, 9.17) is 14.9 Å². The van der Waals surface area contributed by atoms with Crippen molar-refractivity contribution >= 4 is 23.5 Å². The van der Waals surface area contributed by atoms with E-state index < -0.39 is 5.72 Å². The van der Waals surface area contributed by atoms with Gasteiger partial charge in [-0.25, -0.2) is 4.98 Å². The van der Waals surface area contributed by atoms with Gasteiger partial charge >= 0.3 is 0 Å². The SMILES string of the molecule is Cl.NC1(O)CCC(OCc2ccc(-c3nc4ccccc4o3)cc2)CC1. The highest BCUT2D eigenvalue weighted by molar-refractivity contribution is 5.85. The summed E-state index contributed by atoms with van der Waals surface area (Å²) in [6.45, 7) is 0.557. The van der Waals surface area contributed by atoms with Crippen LogP contribution in [0.3, 0.4) is 0 Å². The number of hydrogen-bond acceptors (Lipinski definition) is 5. The van der Waals surface area contributed by atoms with Crippen LogP contribution in [0, 0.1) is 0 Å². The van der Waals surface area contributed by atoms with Crippen molar-refractivity contribution in [3.05, 3.63) is 54.1 Å². The Balaban J connectivity index is 0.00000196. The van der Waals surface area contributed by atoms with Crippen molar-refractivity contribution in [2.75, 3.05) is 0 Å². The van der Waals surface area contributed by atoms with Crippen LogP contribution in [0.1, 0.15) is 31.2 Å². The first-order valence-electron chi connectivity index (χ1n) is 8.67. The van der Waals surface area contributed by atoms with Crippen molar-refractivity contribution < 1.29 is 14.3 Å². The highest BCUT2D eigenvalue weighted by atomic mass is 35.5. The van der Waals surface area contributed by atoms with Crippen LogP contribution in [-0.4, -0.2) is 21.9 Å². The fourth-order valence-electron chi connectivity index (χ4n) is 3.21. The first-order valence-corrected chi connectivity index (χ1v) is 8.67. The van der Waals surface area contributed by atoms with Gasteiger partial charge in [0.2, 0.25) is 5.89 Å². The lowest BCUT2D eigenvalue weighted by atomic mass is 9.90. The Morgan fingerprint density at radius 3 is 2.50 bits per heavy atom. The molecule has 1 saturated carbocycles. The van der Waals surface area contributed by atoms with Crippen LogP contribution in [0.25, 0.3) is 22.6 Å². The molecule has 1 heterocycles. The molecule has 0 spiro atoms. The molecular formula is C20H23ClN2O3. The minimum atomic E-state index is -1.01. The maximum absolute atomic E-state index is 9.78. The summed E-state index contributed by atoms with van der Waals surface area (Å²) < 4.78 is 11.7. The number of nitrogens with two attached hydrogens (primary N) is 1. The van der Waals surface area contributed by atoms with Gasteiger partial charge in [-0.1, -0.05) is 24.3 Å². The van der Waals surface area contributed by atoms with Crippen LogP contribution in [0.15, 0.2) is 52.9 Å². The maximum atomic E-state index is 9.78. The molecule has 0 radical (unpaired) electrons. The second-order valence-electron chi connectivity index (χ2n) is 6.80. The highest BCUT2D eigenvalue weighted by Crippen LogP contribution is 2.27. The topological polar surface area (TPSA) is 81.5 Å². The molecule has 0 unspecified atom stereocenters. The summed E-state index contributed by atoms with van der Waals surface area (Å²) in [5.41, 5.74) is 8.43. The third-order valence-electron chi connectivity index (χ3n) is 4.78. The minimum absolute atomic E-state index is 0. The number of halogens is 1. The summed E-state index contributed by atoms with van der Waals surface area (Å²) >= 11 is 0. The maximum Gasteiger partial charge on any atom is 0.227 e. The lowest BCUT2D eigenvalue weighted by Gasteiger charge is -2.32. The molecule has 26 heavy (non-hydrogen) atoms. The van der Waals surface area contributed by atoms with Gasteiger partial charge in [-0.3, -0.25) is 0 Å². The van der Waals surface area contributed by atoms with E-state index in [1.165, 1.54) is 0 Å². The number of para-hydroxylation sites is 2. The van der Waals surface area contributed by atoms with Crippen LogP contribution in [-0.2, 0) is 11.3 Å². The molecule has 4 rings (SSSR count). The number of oxazole rings is 1. The second kappa shape index (κ2) is 7.76. The van der Waals surface area contributed by atoms with Gasteiger partial charge < -0.3 is 20.0 Å². The summed E-state index contributed by atoms with van der Waals surface area (Å²) in [6.07, 6.45) is 2.95.